The van der Waals surface area contributed by atoms with Crippen molar-refractivity contribution in [2.75, 3.05) is 0 Å². The van der Waals surface area contributed by atoms with E-state index in [-0.39, 0.29) is 0 Å². The van der Waals surface area contributed by atoms with Gasteiger partial charge in [0.25, 0.3) is 0 Å². The molecule has 5 nitrogen and oxygen atoms in total. The molecule has 0 N–H and O–H groups in total. The highest BCUT2D eigenvalue weighted by molar-refractivity contribution is 6.23. The Kier molecular flexibility index (Phi) is 7.74. The highest BCUT2D eigenvalue weighted by atomic mass is 16.3. The van der Waals surface area contributed by atoms with Crippen LogP contribution >= 0.6 is 0 Å². The first kappa shape index (κ1) is 32.7. The standard InChI is InChI=1S/C52H32N4O/c1-3-12-33(13-4-1)35-22-25-36(26-23-35)49-54-50(56-51(55-49)42-27-24-34-14-7-8-17-38(34)30-42)41-19-11-18-39(31-41)40-28-29-44-43-20-9-10-21-45(43)48-47(46(44)32-40)53-52(57-48)37-15-5-2-6-16-37/h1-32H. The molecule has 266 valence electrons. The molecule has 0 aliphatic carbocycles. The van der Waals surface area contributed by atoms with Crippen LogP contribution in [0, 0.1) is 0 Å². The Labute approximate surface area is 328 Å². The van der Waals surface area contributed by atoms with E-state index in [4.69, 9.17) is 24.4 Å². The van der Waals surface area contributed by atoms with E-state index in [9.17, 15) is 0 Å². The molecule has 2 heterocycles. The second-order valence-corrected chi connectivity index (χ2v) is 14.3. The molecule has 0 bridgehead atoms. The first-order valence-corrected chi connectivity index (χ1v) is 19.0. The van der Waals surface area contributed by atoms with Gasteiger partial charge in [-0.1, -0.05) is 164 Å². The zero-order chi connectivity index (χ0) is 37.7. The molecule has 0 unspecified atom stereocenters. The van der Waals surface area contributed by atoms with Crippen LogP contribution in [0.25, 0.3) is 111 Å². The lowest BCUT2D eigenvalue weighted by molar-refractivity contribution is 0.623. The Bertz CT molecular complexity index is 3280. The van der Waals surface area contributed by atoms with Gasteiger partial charge in [0, 0.05) is 33.0 Å². The third-order valence-corrected chi connectivity index (χ3v) is 10.7. The Morgan fingerprint density at radius 2 is 0.789 bits per heavy atom. The predicted molar refractivity (Wildman–Crippen MR) is 233 cm³/mol. The van der Waals surface area contributed by atoms with Crippen LogP contribution in [0.4, 0.5) is 0 Å². The minimum Gasteiger partial charge on any atom is -0.435 e. The summed E-state index contributed by atoms with van der Waals surface area (Å²) in [5.41, 5.74) is 9.75. The Morgan fingerprint density at radius 3 is 1.56 bits per heavy atom. The smallest absolute Gasteiger partial charge is 0.227 e. The SMILES string of the molecule is c1ccc(-c2ccc(-c3nc(-c4cccc(-c5ccc6c7ccccc7c7oc(-c8ccccc8)nc7c6c5)c4)nc(-c4ccc5ccccc5c4)n3)cc2)cc1. The van der Waals surface area contributed by atoms with Gasteiger partial charge in [0.2, 0.25) is 5.89 Å². The van der Waals surface area contributed by atoms with Gasteiger partial charge in [-0.3, -0.25) is 0 Å². The lowest BCUT2D eigenvalue weighted by Crippen LogP contribution is -2.00. The first-order chi connectivity index (χ1) is 28.2. The number of rotatable bonds is 6. The highest BCUT2D eigenvalue weighted by Crippen LogP contribution is 2.39. The van der Waals surface area contributed by atoms with E-state index >= 15 is 0 Å². The summed E-state index contributed by atoms with van der Waals surface area (Å²) >= 11 is 0. The third kappa shape index (κ3) is 5.90. The summed E-state index contributed by atoms with van der Waals surface area (Å²) in [6, 6.07) is 67.1. The molecule has 57 heavy (non-hydrogen) atoms. The Hall–Kier alpha value is -7.76. The van der Waals surface area contributed by atoms with Crippen LogP contribution in [0.5, 0.6) is 0 Å². The Balaban J connectivity index is 1.05. The summed E-state index contributed by atoms with van der Waals surface area (Å²) in [6.07, 6.45) is 0. The monoisotopic (exact) mass is 728 g/mol. The van der Waals surface area contributed by atoms with Crippen molar-refractivity contribution < 1.29 is 4.42 Å². The van der Waals surface area contributed by atoms with Crippen molar-refractivity contribution in [1.29, 1.82) is 0 Å². The molecule has 0 aliphatic heterocycles. The van der Waals surface area contributed by atoms with E-state index in [1.165, 1.54) is 5.39 Å². The molecule has 0 atom stereocenters. The van der Waals surface area contributed by atoms with Crippen molar-refractivity contribution in [3.8, 4) is 67.9 Å². The van der Waals surface area contributed by atoms with Crippen LogP contribution in [-0.2, 0) is 0 Å². The third-order valence-electron chi connectivity index (χ3n) is 10.7. The summed E-state index contributed by atoms with van der Waals surface area (Å²) in [5.74, 6) is 2.46. The summed E-state index contributed by atoms with van der Waals surface area (Å²) in [5, 5.41) is 6.65. The molecule has 2 aromatic heterocycles. The maximum Gasteiger partial charge on any atom is 0.227 e. The van der Waals surface area contributed by atoms with E-state index in [0.29, 0.717) is 23.4 Å². The van der Waals surface area contributed by atoms with Crippen LogP contribution in [0.15, 0.2) is 199 Å². The number of fused-ring (bicyclic) bond motifs is 7. The van der Waals surface area contributed by atoms with Crippen LogP contribution < -0.4 is 0 Å². The molecule has 5 heteroatoms. The average molecular weight is 729 g/mol. The molecule has 0 saturated carbocycles. The molecule has 9 aromatic carbocycles. The van der Waals surface area contributed by atoms with E-state index in [2.05, 4.69) is 158 Å². The lowest BCUT2D eigenvalue weighted by atomic mass is 9.95. The van der Waals surface area contributed by atoms with Gasteiger partial charge < -0.3 is 4.42 Å². The molecule has 0 saturated heterocycles. The minimum atomic E-state index is 0.607. The molecule has 11 rings (SSSR count). The van der Waals surface area contributed by atoms with E-state index in [1.54, 1.807) is 0 Å². The number of aromatic nitrogens is 4. The van der Waals surface area contributed by atoms with Gasteiger partial charge in [-0.25, -0.2) is 19.9 Å². The van der Waals surface area contributed by atoms with Gasteiger partial charge in [0.15, 0.2) is 23.1 Å². The van der Waals surface area contributed by atoms with Gasteiger partial charge in [-0.15, -0.1) is 0 Å². The zero-order valence-electron chi connectivity index (χ0n) is 30.7. The minimum absolute atomic E-state index is 0.607. The zero-order valence-corrected chi connectivity index (χ0v) is 30.7. The lowest BCUT2D eigenvalue weighted by Gasteiger charge is -2.11. The van der Waals surface area contributed by atoms with E-state index in [1.807, 2.05) is 36.4 Å². The molecule has 11 aromatic rings. The number of nitrogens with zero attached hydrogens (tertiary/aromatic N) is 4. The van der Waals surface area contributed by atoms with E-state index in [0.717, 1.165) is 82.5 Å². The van der Waals surface area contributed by atoms with Crippen LogP contribution in [0.1, 0.15) is 0 Å². The van der Waals surface area contributed by atoms with Gasteiger partial charge in [0.05, 0.1) is 0 Å². The predicted octanol–water partition coefficient (Wildman–Crippen LogP) is 13.5. The second-order valence-electron chi connectivity index (χ2n) is 14.3. The number of hydrogen-bond acceptors (Lipinski definition) is 5. The van der Waals surface area contributed by atoms with Crippen LogP contribution in [0.2, 0.25) is 0 Å². The topological polar surface area (TPSA) is 64.7 Å². The quantitative estimate of drug-likeness (QED) is 0.160. The number of hydrogen-bond donors (Lipinski definition) is 0. The van der Waals surface area contributed by atoms with Gasteiger partial charge >= 0.3 is 0 Å². The average Bonchev–Trinajstić information content (AvgIpc) is 3.76. The number of oxazole rings is 1. The van der Waals surface area contributed by atoms with Crippen molar-refractivity contribution >= 4 is 43.4 Å². The summed E-state index contributed by atoms with van der Waals surface area (Å²) in [7, 11) is 0. The molecule has 0 fully saturated rings. The summed E-state index contributed by atoms with van der Waals surface area (Å²) in [4.78, 5) is 20.4. The van der Waals surface area contributed by atoms with Crippen molar-refractivity contribution in [2.24, 2.45) is 0 Å². The summed E-state index contributed by atoms with van der Waals surface area (Å²) < 4.78 is 6.51. The fraction of sp³-hybridized carbons (Fsp3) is 0. The molecule has 0 spiro atoms. The molecule has 0 aliphatic rings. The normalized spacial score (nSPS) is 11.5. The molecule has 0 amide bonds. The second kappa shape index (κ2) is 13.5. The van der Waals surface area contributed by atoms with Crippen molar-refractivity contribution in [2.45, 2.75) is 0 Å². The maximum atomic E-state index is 6.51. The van der Waals surface area contributed by atoms with Crippen molar-refractivity contribution in [3.63, 3.8) is 0 Å². The van der Waals surface area contributed by atoms with E-state index < -0.39 is 0 Å². The number of benzene rings is 9. The Morgan fingerprint density at radius 1 is 0.281 bits per heavy atom. The van der Waals surface area contributed by atoms with Gasteiger partial charge in [-0.2, -0.15) is 0 Å². The molecular formula is C52H32N4O. The summed E-state index contributed by atoms with van der Waals surface area (Å²) in [6.45, 7) is 0. The van der Waals surface area contributed by atoms with Gasteiger partial charge in [0.1, 0.15) is 5.52 Å². The molecule has 0 radical (unpaired) electrons. The fourth-order valence-electron chi connectivity index (χ4n) is 7.83. The van der Waals surface area contributed by atoms with Gasteiger partial charge in [-0.05, 0) is 74.1 Å². The first-order valence-electron chi connectivity index (χ1n) is 19.0. The highest BCUT2D eigenvalue weighted by Gasteiger charge is 2.18. The van der Waals surface area contributed by atoms with Crippen LogP contribution in [0.3, 0.4) is 0 Å². The largest absolute Gasteiger partial charge is 0.435 e. The van der Waals surface area contributed by atoms with Crippen molar-refractivity contribution in [1.82, 2.24) is 19.9 Å². The maximum absolute atomic E-state index is 6.51. The fourth-order valence-corrected chi connectivity index (χ4v) is 7.83. The van der Waals surface area contributed by atoms with Crippen molar-refractivity contribution in [3.05, 3.63) is 194 Å². The van der Waals surface area contributed by atoms with Crippen LogP contribution in [-0.4, -0.2) is 19.9 Å². The molecular weight excluding hydrogens is 697 g/mol.